The van der Waals surface area contributed by atoms with E-state index in [9.17, 15) is 4.79 Å². The van der Waals surface area contributed by atoms with Gasteiger partial charge >= 0.3 is 0 Å². The van der Waals surface area contributed by atoms with Gasteiger partial charge in [-0.3, -0.25) is 4.79 Å². The molecule has 17 heavy (non-hydrogen) atoms. The maximum atomic E-state index is 12.1. The van der Waals surface area contributed by atoms with Crippen molar-refractivity contribution >= 4 is 27.5 Å². The highest BCUT2D eigenvalue weighted by Crippen LogP contribution is 2.38. The summed E-state index contributed by atoms with van der Waals surface area (Å²) >= 11 is 3.43. The number of hydrogen-bond acceptors (Lipinski definition) is 2. The molecule has 1 saturated carbocycles. The Morgan fingerprint density at radius 1 is 1.53 bits per heavy atom. The first-order chi connectivity index (χ1) is 7.91. The van der Waals surface area contributed by atoms with E-state index in [1.165, 1.54) is 0 Å². The zero-order valence-electron chi connectivity index (χ0n) is 10.1. The largest absolute Gasteiger partial charge is 0.324 e. The molecule has 0 heterocycles. The zero-order valence-corrected chi connectivity index (χ0v) is 11.7. The summed E-state index contributed by atoms with van der Waals surface area (Å²) in [5.74, 6) is 0.237. The second-order valence-corrected chi connectivity index (χ2v) is 5.83. The molecule has 0 saturated heterocycles. The van der Waals surface area contributed by atoms with E-state index in [2.05, 4.69) is 21.2 Å². The smallest absolute Gasteiger partial charge is 0.244 e. The highest BCUT2D eigenvalue weighted by atomic mass is 79.9. The van der Waals surface area contributed by atoms with Crippen LogP contribution in [0.15, 0.2) is 22.7 Å². The van der Waals surface area contributed by atoms with Crippen LogP contribution in [0.3, 0.4) is 0 Å². The molecule has 0 spiro atoms. The van der Waals surface area contributed by atoms with Gasteiger partial charge in [-0.2, -0.15) is 0 Å². The van der Waals surface area contributed by atoms with Crippen molar-refractivity contribution in [2.24, 2.45) is 11.7 Å². The molecule has 1 aliphatic rings. The molecule has 1 aliphatic carbocycles. The number of carbonyl (C=O) groups is 1. The molecule has 0 bridgehead atoms. The number of halogens is 1. The third-order valence-electron chi connectivity index (χ3n) is 3.33. The quantitative estimate of drug-likeness (QED) is 0.901. The first-order valence-corrected chi connectivity index (χ1v) is 6.57. The first-order valence-electron chi connectivity index (χ1n) is 5.77. The Labute approximate surface area is 110 Å². The number of carbonyl (C=O) groups excluding carboxylic acids is 1. The summed E-state index contributed by atoms with van der Waals surface area (Å²) in [6, 6.07) is 5.73. The Balaban J connectivity index is 2.10. The van der Waals surface area contributed by atoms with Crippen molar-refractivity contribution in [3.8, 4) is 0 Å². The molecule has 1 aromatic carbocycles. The Bertz CT molecular complexity index is 453. The molecule has 3 N–H and O–H groups in total. The molecule has 1 fully saturated rings. The lowest BCUT2D eigenvalue weighted by atomic mass is 9.96. The predicted octanol–water partition coefficient (Wildman–Crippen LogP) is 2.82. The number of nitrogens with two attached hydrogens (primary N) is 1. The standard InChI is InChI=1S/C13H17BrN2O/c1-8-7-10(5-6-11(8)14)16-12(17)13(2,15)9-3-4-9/h5-7,9H,3-4,15H2,1-2H3,(H,16,17). The fraction of sp³-hybridized carbons (Fsp3) is 0.462. The number of nitrogens with one attached hydrogen (secondary N) is 1. The van der Waals surface area contributed by atoms with Gasteiger partial charge in [0.1, 0.15) is 0 Å². The van der Waals surface area contributed by atoms with Gasteiger partial charge in [0.05, 0.1) is 5.54 Å². The van der Waals surface area contributed by atoms with E-state index in [4.69, 9.17) is 5.73 Å². The van der Waals surface area contributed by atoms with Crippen molar-refractivity contribution in [1.82, 2.24) is 0 Å². The Morgan fingerprint density at radius 3 is 2.71 bits per heavy atom. The van der Waals surface area contributed by atoms with Crippen molar-refractivity contribution in [3.05, 3.63) is 28.2 Å². The summed E-state index contributed by atoms with van der Waals surface area (Å²) in [5, 5.41) is 2.89. The third kappa shape index (κ3) is 2.69. The summed E-state index contributed by atoms with van der Waals surface area (Å²) < 4.78 is 1.04. The minimum atomic E-state index is -0.749. The minimum Gasteiger partial charge on any atom is -0.324 e. The lowest BCUT2D eigenvalue weighted by molar-refractivity contribution is -0.121. The zero-order chi connectivity index (χ0) is 12.6. The molecule has 1 unspecified atom stereocenters. The molecular weight excluding hydrogens is 280 g/mol. The van der Waals surface area contributed by atoms with Crippen LogP contribution < -0.4 is 11.1 Å². The van der Waals surface area contributed by atoms with Crippen LogP contribution in [0.1, 0.15) is 25.3 Å². The Hall–Kier alpha value is -0.870. The van der Waals surface area contributed by atoms with Crippen LogP contribution in [0.4, 0.5) is 5.69 Å². The molecule has 4 heteroatoms. The summed E-state index contributed by atoms with van der Waals surface area (Å²) in [6.07, 6.45) is 2.11. The monoisotopic (exact) mass is 296 g/mol. The van der Waals surface area contributed by atoms with Crippen LogP contribution in [-0.2, 0) is 4.79 Å². The molecule has 92 valence electrons. The number of amides is 1. The number of rotatable bonds is 3. The fourth-order valence-electron chi connectivity index (χ4n) is 1.86. The third-order valence-corrected chi connectivity index (χ3v) is 4.22. The second-order valence-electron chi connectivity index (χ2n) is 4.98. The second kappa shape index (κ2) is 4.42. The van der Waals surface area contributed by atoms with Crippen LogP contribution >= 0.6 is 15.9 Å². The van der Waals surface area contributed by atoms with Crippen molar-refractivity contribution in [2.75, 3.05) is 5.32 Å². The molecule has 1 aromatic rings. The van der Waals surface area contributed by atoms with E-state index < -0.39 is 5.54 Å². The van der Waals surface area contributed by atoms with Crippen molar-refractivity contribution in [1.29, 1.82) is 0 Å². The van der Waals surface area contributed by atoms with Crippen molar-refractivity contribution in [3.63, 3.8) is 0 Å². The molecule has 3 nitrogen and oxygen atoms in total. The molecule has 0 aromatic heterocycles. The van der Waals surface area contributed by atoms with Crippen molar-refractivity contribution in [2.45, 2.75) is 32.2 Å². The Morgan fingerprint density at radius 2 is 2.18 bits per heavy atom. The molecular formula is C13H17BrN2O. The van der Waals surface area contributed by atoms with Crippen LogP contribution in [0.2, 0.25) is 0 Å². The normalized spacial score (nSPS) is 18.6. The lowest BCUT2D eigenvalue weighted by Crippen LogP contribution is -2.50. The number of aryl methyl sites for hydroxylation is 1. The van der Waals surface area contributed by atoms with Gasteiger partial charge in [-0.1, -0.05) is 15.9 Å². The highest BCUT2D eigenvalue weighted by molar-refractivity contribution is 9.10. The van der Waals surface area contributed by atoms with Crippen LogP contribution in [0.5, 0.6) is 0 Å². The van der Waals surface area contributed by atoms with Gasteiger partial charge in [0.2, 0.25) is 5.91 Å². The van der Waals surface area contributed by atoms with Gasteiger partial charge in [0, 0.05) is 10.2 Å². The molecule has 2 rings (SSSR count). The Kier molecular flexibility index (Phi) is 3.27. The predicted molar refractivity (Wildman–Crippen MR) is 72.8 cm³/mol. The number of hydrogen-bond donors (Lipinski definition) is 2. The van der Waals surface area contributed by atoms with Gasteiger partial charge < -0.3 is 11.1 Å². The molecule has 1 atom stereocenters. The van der Waals surface area contributed by atoms with Crippen LogP contribution in [0.25, 0.3) is 0 Å². The van der Waals surface area contributed by atoms with Crippen LogP contribution in [-0.4, -0.2) is 11.4 Å². The average Bonchev–Trinajstić information content (AvgIpc) is 3.07. The minimum absolute atomic E-state index is 0.0956. The van der Waals surface area contributed by atoms with E-state index in [0.717, 1.165) is 28.6 Å². The van der Waals surface area contributed by atoms with Crippen LogP contribution in [0, 0.1) is 12.8 Å². The number of anilines is 1. The topological polar surface area (TPSA) is 55.1 Å². The van der Waals surface area contributed by atoms with Gasteiger partial charge in [-0.15, -0.1) is 0 Å². The molecule has 0 radical (unpaired) electrons. The summed E-state index contributed by atoms with van der Waals surface area (Å²) in [6.45, 7) is 3.80. The number of benzene rings is 1. The lowest BCUT2D eigenvalue weighted by Gasteiger charge is -2.23. The van der Waals surface area contributed by atoms with Gasteiger partial charge in [0.25, 0.3) is 0 Å². The van der Waals surface area contributed by atoms with E-state index in [1.807, 2.05) is 32.0 Å². The summed E-state index contributed by atoms with van der Waals surface area (Å²) in [7, 11) is 0. The van der Waals surface area contributed by atoms with Gasteiger partial charge in [-0.25, -0.2) is 0 Å². The van der Waals surface area contributed by atoms with E-state index in [-0.39, 0.29) is 5.91 Å². The summed E-state index contributed by atoms with van der Waals surface area (Å²) in [5.41, 5.74) is 7.20. The average molecular weight is 297 g/mol. The van der Waals surface area contributed by atoms with Gasteiger partial charge in [0.15, 0.2) is 0 Å². The highest BCUT2D eigenvalue weighted by Gasteiger charge is 2.44. The maximum absolute atomic E-state index is 12.1. The van der Waals surface area contributed by atoms with E-state index >= 15 is 0 Å². The SMILES string of the molecule is Cc1cc(NC(=O)C(C)(N)C2CC2)ccc1Br. The summed E-state index contributed by atoms with van der Waals surface area (Å²) in [4.78, 5) is 12.1. The van der Waals surface area contributed by atoms with E-state index in [1.54, 1.807) is 0 Å². The first kappa shape index (κ1) is 12.6. The molecule has 0 aliphatic heterocycles. The molecule has 1 amide bonds. The maximum Gasteiger partial charge on any atom is 0.244 e. The van der Waals surface area contributed by atoms with Gasteiger partial charge in [-0.05, 0) is 56.4 Å². The van der Waals surface area contributed by atoms with E-state index in [0.29, 0.717) is 5.92 Å². The fourth-order valence-corrected chi connectivity index (χ4v) is 2.10. The van der Waals surface area contributed by atoms with Crippen molar-refractivity contribution < 1.29 is 4.79 Å².